The second kappa shape index (κ2) is 14.5. The van der Waals surface area contributed by atoms with Crippen molar-refractivity contribution >= 4 is 0 Å². The summed E-state index contributed by atoms with van der Waals surface area (Å²) in [4.78, 5) is 0. The Morgan fingerprint density at radius 3 is 1.89 bits per heavy atom. The van der Waals surface area contributed by atoms with Crippen LogP contribution >= 0.6 is 0 Å². The molecule has 0 amide bonds. The van der Waals surface area contributed by atoms with Crippen LogP contribution in [0, 0.1) is 0 Å². The average Bonchev–Trinajstić information content (AvgIpc) is 2.37. The van der Waals surface area contributed by atoms with E-state index < -0.39 is 0 Å². The molecule has 0 heterocycles. The van der Waals surface area contributed by atoms with E-state index in [0.29, 0.717) is 0 Å². The smallest absolute Gasteiger partial charge is 0.157 e. The minimum Gasteiger partial charge on any atom is -0.353 e. The van der Waals surface area contributed by atoms with Crippen molar-refractivity contribution in [3.63, 3.8) is 0 Å². The highest BCUT2D eigenvalue weighted by molar-refractivity contribution is 5.02. The quantitative estimate of drug-likeness (QED) is 0.281. The third-order valence-electron chi connectivity index (χ3n) is 2.62. The van der Waals surface area contributed by atoms with Gasteiger partial charge in [0.25, 0.3) is 0 Å². The summed E-state index contributed by atoms with van der Waals surface area (Å²) in [6, 6.07) is 0. The zero-order chi connectivity index (χ0) is 13.5. The zero-order valence-corrected chi connectivity index (χ0v) is 12.4. The number of unbranched alkanes of at least 4 members (excludes halogenated alkanes) is 3. The molecule has 0 aliphatic carbocycles. The molecule has 2 heteroatoms. The summed E-state index contributed by atoms with van der Waals surface area (Å²) < 4.78 is 11.0. The fourth-order valence-electron chi connectivity index (χ4n) is 1.66. The fourth-order valence-corrected chi connectivity index (χ4v) is 1.66. The number of rotatable bonds is 12. The topological polar surface area (TPSA) is 18.5 Å². The lowest BCUT2D eigenvalue weighted by molar-refractivity contribution is -0.139. The van der Waals surface area contributed by atoms with Crippen LogP contribution in [0.15, 0.2) is 24.3 Å². The Morgan fingerprint density at radius 2 is 1.39 bits per heavy atom. The highest BCUT2D eigenvalue weighted by Gasteiger charge is 2.05. The summed E-state index contributed by atoms with van der Waals surface area (Å²) in [7, 11) is 0. The first-order valence-corrected chi connectivity index (χ1v) is 7.39. The van der Waals surface area contributed by atoms with Crippen molar-refractivity contribution in [2.75, 3.05) is 13.2 Å². The van der Waals surface area contributed by atoms with E-state index in [0.717, 1.165) is 32.5 Å². The van der Waals surface area contributed by atoms with E-state index in [1.807, 2.05) is 13.8 Å². The first-order chi connectivity index (χ1) is 8.85. The van der Waals surface area contributed by atoms with E-state index in [4.69, 9.17) is 9.47 Å². The van der Waals surface area contributed by atoms with Gasteiger partial charge in [-0.1, -0.05) is 44.1 Å². The lowest BCUT2D eigenvalue weighted by atomic mass is 10.2. The van der Waals surface area contributed by atoms with Crippen LogP contribution in [0.5, 0.6) is 0 Å². The second-order valence-corrected chi connectivity index (χ2v) is 4.27. The molecule has 0 unspecified atom stereocenters. The van der Waals surface area contributed by atoms with Crippen molar-refractivity contribution in [1.82, 2.24) is 0 Å². The molecule has 0 aliphatic rings. The predicted octanol–water partition coefficient (Wildman–Crippen LogP) is 4.86. The molecule has 0 rings (SSSR count). The van der Waals surface area contributed by atoms with Gasteiger partial charge in [-0.15, -0.1) is 0 Å². The molecule has 0 aromatic carbocycles. The van der Waals surface area contributed by atoms with Gasteiger partial charge in [0.15, 0.2) is 6.29 Å². The van der Waals surface area contributed by atoms with Crippen LogP contribution in [0.2, 0.25) is 0 Å². The molecular formula is C16H30O2. The number of hydrogen-bond acceptors (Lipinski definition) is 2. The Morgan fingerprint density at radius 1 is 0.833 bits per heavy atom. The molecule has 0 radical (unpaired) electrons. The largest absolute Gasteiger partial charge is 0.353 e. The van der Waals surface area contributed by atoms with Crippen LogP contribution < -0.4 is 0 Å². The van der Waals surface area contributed by atoms with Crippen molar-refractivity contribution in [2.24, 2.45) is 0 Å². The van der Waals surface area contributed by atoms with Gasteiger partial charge in [0.2, 0.25) is 0 Å². The van der Waals surface area contributed by atoms with E-state index in [1.54, 1.807) is 0 Å². The normalized spacial score (nSPS) is 12.2. The molecule has 0 spiro atoms. The van der Waals surface area contributed by atoms with Gasteiger partial charge in [0, 0.05) is 13.2 Å². The van der Waals surface area contributed by atoms with Crippen LogP contribution in [-0.2, 0) is 9.47 Å². The van der Waals surface area contributed by atoms with E-state index >= 15 is 0 Å². The van der Waals surface area contributed by atoms with E-state index in [9.17, 15) is 0 Å². The van der Waals surface area contributed by atoms with Crippen molar-refractivity contribution < 1.29 is 9.47 Å². The van der Waals surface area contributed by atoms with Gasteiger partial charge in [0.05, 0.1) is 0 Å². The lowest BCUT2D eigenvalue weighted by Gasteiger charge is -2.15. The maximum Gasteiger partial charge on any atom is 0.157 e. The minimum atomic E-state index is -0.0199. The Hall–Kier alpha value is -0.600. The van der Waals surface area contributed by atoms with Crippen LogP contribution in [-0.4, -0.2) is 19.5 Å². The van der Waals surface area contributed by atoms with Crippen LogP contribution in [0.3, 0.4) is 0 Å². The van der Waals surface area contributed by atoms with Crippen LogP contribution in [0.4, 0.5) is 0 Å². The van der Waals surface area contributed by atoms with Gasteiger partial charge in [-0.2, -0.15) is 0 Å². The van der Waals surface area contributed by atoms with Crippen molar-refractivity contribution in [3.8, 4) is 0 Å². The van der Waals surface area contributed by atoms with Gasteiger partial charge in [0.1, 0.15) is 0 Å². The molecule has 18 heavy (non-hydrogen) atoms. The van der Waals surface area contributed by atoms with E-state index in [1.165, 1.54) is 19.3 Å². The van der Waals surface area contributed by atoms with Gasteiger partial charge in [-0.3, -0.25) is 0 Å². The van der Waals surface area contributed by atoms with Gasteiger partial charge in [-0.05, 0) is 39.5 Å². The molecule has 0 fully saturated rings. The van der Waals surface area contributed by atoms with E-state index in [2.05, 4.69) is 31.2 Å². The number of allylic oxidation sites excluding steroid dienone is 4. The molecule has 0 saturated heterocycles. The molecule has 0 N–H and O–H groups in total. The Labute approximate surface area is 113 Å². The van der Waals surface area contributed by atoms with Gasteiger partial charge >= 0.3 is 0 Å². The maximum atomic E-state index is 5.49. The predicted molar refractivity (Wildman–Crippen MR) is 78.7 cm³/mol. The lowest BCUT2D eigenvalue weighted by Crippen LogP contribution is -2.16. The molecule has 0 atom stereocenters. The summed E-state index contributed by atoms with van der Waals surface area (Å²) in [5.74, 6) is 0. The van der Waals surface area contributed by atoms with Crippen molar-refractivity contribution in [1.29, 1.82) is 0 Å². The summed E-state index contributed by atoms with van der Waals surface area (Å²) in [6.45, 7) is 7.68. The Balaban J connectivity index is 3.51. The molecule has 0 aromatic rings. The van der Waals surface area contributed by atoms with Crippen LogP contribution in [0.25, 0.3) is 0 Å². The monoisotopic (exact) mass is 254 g/mol. The summed E-state index contributed by atoms with van der Waals surface area (Å²) in [5, 5.41) is 0. The van der Waals surface area contributed by atoms with Gasteiger partial charge in [-0.25, -0.2) is 0 Å². The van der Waals surface area contributed by atoms with E-state index in [-0.39, 0.29) is 6.29 Å². The third kappa shape index (κ3) is 11.9. The standard InChI is InChI=1S/C16H30O2/c1-4-7-8-9-10-11-12-13-14-15-16(17-5-2)18-6-3/h9-12,16H,4-8,13-15H2,1-3H3. The number of ether oxygens (including phenoxy) is 2. The first kappa shape index (κ1) is 17.4. The maximum absolute atomic E-state index is 5.49. The Kier molecular flexibility index (Phi) is 14.0. The molecule has 0 bridgehead atoms. The third-order valence-corrected chi connectivity index (χ3v) is 2.62. The molecule has 0 aliphatic heterocycles. The average molecular weight is 254 g/mol. The van der Waals surface area contributed by atoms with Gasteiger partial charge < -0.3 is 9.47 Å². The molecular weight excluding hydrogens is 224 g/mol. The molecule has 106 valence electrons. The SMILES string of the molecule is CCCCC=CC=CCCCC(OCC)OCC. The Bertz CT molecular complexity index is 203. The van der Waals surface area contributed by atoms with Crippen LogP contribution in [0.1, 0.15) is 59.3 Å². The highest BCUT2D eigenvalue weighted by atomic mass is 16.7. The number of hydrogen-bond donors (Lipinski definition) is 0. The summed E-state index contributed by atoms with van der Waals surface area (Å²) >= 11 is 0. The summed E-state index contributed by atoms with van der Waals surface area (Å²) in [5.41, 5.74) is 0. The molecule has 0 saturated carbocycles. The highest BCUT2D eigenvalue weighted by Crippen LogP contribution is 2.07. The fraction of sp³-hybridized carbons (Fsp3) is 0.750. The second-order valence-electron chi connectivity index (χ2n) is 4.27. The zero-order valence-electron chi connectivity index (χ0n) is 12.4. The molecule has 0 aromatic heterocycles. The molecule has 2 nitrogen and oxygen atoms in total. The first-order valence-electron chi connectivity index (χ1n) is 7.39. The van der Waals surface area contributed by atoms with Crippen molar-refractivity contribution in [2.45, 2.75) is 65.6 Å². The summed E-state index contributed by atoms with van der Waals surface area (Å²) in [6.07, 6.45) is 15.7. The van der Waals surface area contributed by atoms with Crippen molar-refractivity contribution in [3.05, 3.63) is 24.3 Å². The minimum absolute atomic E-state index is 0.0199.